The lowest BCUT2D eigenvalue weighted by molar-refractivity contribution is -0.605. The largest absolute Gasteiger partial charge is 0.619 e. The van der Waals surface area contributed by atoms with E-state index in [1.54, 1.807) is 12.1 Å². The van der Waals surface area contributed by atoms with Crippen molar-refractivity contribution in [3.63, 3.8) is 0 Å². The summed E-state index contributed by atoms with van der Waals surface area (Å²) in [7, 11) is 1.37. The Labute approximate surface area is 111 Å². The number of ether oxygens (including phenoxy) is 1. The number of rotatable bonds is 2. The summed E-state index contributed by atoms with van der Waals surface area (Å²) < 4.78 is 5.52. The number of hydrogen-bond acceptors (Lipinski definition) is 3. The van der Waals surface area contributed by atoms with Crippen molar-refractivity contribution in [1.29, 1.82) is 0 Å². The summed E-state index contributed by atoms with van der Waals surface area (Å²) in [6.07, 6.45) is 2.91. The van der Waals surface area contributed by atoms with Gasteiger partial charge in [0.25, 0.3) is 0 Å². The third-order valence-corrected chi connectivity index (χ3v) is 3.06. The Balaban J connectivity index is 2.51. The summed E-state index contributed by atoms with van der Waals surface area (Å²) in [6.45, 7) is 3.75. The second kappa shape index (κ2) is 5.10. The van der Waals surface area contributed by atoms with Crippen LogP contribution >= 0.6 is 0 Å². The summed E-state index contributed by atoms with van der Waals surface area (Å²) in [5.74, 6) is -0.327. The summed E-state index contributed by atoms with van der Waals surface area (Å²) in [5, 5.41) is 11.0. The Hall–Kier alpha value is -2.36. The molecule has 0 unspecified atom stereocenters. The molecule has 0 radical (unpaired) electrons. The molecule has 0 aliphatic rings. The summed E-state index contributed by atoms with van der Waals surface area (Å²) in [5.41, 5.74) is 4.24. The van der Waals surface area contributed by atoms with Crippen LogP contribution < -0.4 is 4.73 Å². The Bertz CT molecular complexity index is 595. The van der Waals surface area contributed by atoms with Gasteiger partial charge in [0.15, 0.2) is 12.4 Å². The average Bonchev–Trinajstić information content (AvgIpc) is 2.38. The zero-order valence-electron chi connectivity index (χ0n) is 11.1. The Kier molecular flexibility index (Phi) is 3.51. The minimum atomic E-state index is -0.327. The van der Waals surface area contributed by atoms with Crippen molar-refractivity contribution in [2.75, 3.05) is 7.11 Å². The van der Waals surface area contributed by atoms with Crippen LogP contribution in [0.2, 0.25) is 0 Å². The lowest BCUT2D eigenvalue weighted by Gasteiger charge is -2.11. The number of nitrogens with zero attached hydrogens (tertiary/aromatic N) is 1. The summed E-state index contributed by atoms with van der Waals surface area (Å²) in [6, 6.07) is 7.34. The minimum absolute atomic E-state index is 0.327. The summed E-state index contributed by atoms with van der Waals surface area (Å²) >= 11 is 0. The number of pyridine rings is 1. The fourth-order valence-electron chi connectivity index (χ4n) is 2.16. The van der Waals surface area contributed by atoms with E-state index < -0.39 is 0 Å². The smallest absolute Gasteiger partial charge is 0.338 e. The molecule has 2 rings (SSSR count). The Morgan fingerprint density at radius 1 is 1.11 bits per heavy atom. The van der Waals surface area contributed by atoms with Crippen molar-refractivity contribution in [2.45, 2.75) is 13.8 Å². The molecule has 4 heteroatoms. The predicted molar refractivity (Wildman–Crippen MR) is 71.7 cm³/mol. The zero-order chi connectivity index (χ0) is 14.0. The number of hydrogen-bond donors (Lipinski definition) is 0. The maximum absolute atomic E-state index is 11.7. The number of benzene rings is 1. The highest BCUT2D eigenvalue weighted by atomic mass is 16.5. The molecule has 1 heterocycles. The van der Waals surface area contributed by atoms with Crippen LogP contribution in [0.5, 0.6) is 0 Å². The van der Waals surface area contributed by atoms with Crippen LogP contribution in [0, 0.1) is 19.1 Å². The second-order valence-electron chi connectivity index (χ2n) is 4.42. The molecule has 0 spiro atoms. The monoisotopic (exact) mass is 257 g/mol. The molecular weight excluding hydrogens is 242 g/mol. The lowest BCUT2D eigenvalue weighted by Crippen LogP contribution is -2.23. The first kappa shape index (κ1) is 13.1. The first-order chi connectivity index (χ1) is 9.02. The van der Waals surface area contributed by atoms with Gasteiger partial charge in [-0.3, -0.25) is 0 Å². The van der Waals surface area contributed by atoms with Crippen LogP contribution in [0.4, 0.5) is 0 Å². The van der Waals surface area contributed by atoms with E-state index in [1.165, 1.54) is 19.5 Å². The summed E-state index contributed by atoms with van der Waals surface area (Å²) in [4.78, 5) is 11.7. The third kappa shape index (κ3) is 2.57. The van der Waals surface area contributed by atoms with E-state index in [9.17, 15) is 10.0 Å². The number of aromatic nitrogens is 1. The van der Waals surface area contributed by atoms with Crippen molar-refractivity contribution in [3.05, 3.63) is 58.6 Å². The molecule has 1 aromatic heterocycles. The number of aryl methyl sites for hydroxylation is 2. The van der Waals surface area contributed by atoms with E-state index in [4.69, 9.17) is 4.74 Å². The molecule has 1 aromatic carbocycles. The fourth-order valence-corrected chi connectivity index (χ4v) is 2.16. The molecule has 4 nitrogen and oxygen atoms in total. The normalized spacial score (nSPS) is 10.3. The van der Waals surface area contributed by atoms with Crippen LogP contribution in [0.3, 0.4) is 0 Å². The molecule has 0 saturated heterocycles. The standard InChI is InChI=1S/C15H15NO3/c1-10-8-13(12-4-6-16(18)7-5-12)9-11(2)14(10)15(17)19-3/h4-9H,1-3H3. The number of methoxy groups -OCH3 is 1. The Morgan fingerprint density at radius 3 is 2.11 bits per heavy atom. The lowest BCUT2D eigenvalue weighted by atomic mass is 9.96. The second-order valence-corrected chi connectivity index (χ2v) is 4.42. The van der Waals surface area contributed by atoms with Crippen LogP contribution in [0.1, 0.15) is 21.5 Å². The van der Waals surface area contributed by atoms with Gasteiger partial charge in [0, 0.05) is 12.1 Å². The molecule has 0 atom stereocenters. The van der Waals surface area contributed by atoms with Gasteiger partial charge in [-0.15, -0.1) is 0 Å². The first-order valence-electron chi connectivity index (χ1n) is 5.91. The van der Waals surface area contributed by atoms with Gasteiger partial charge in [-0.25, -0.2) is 4.79 Å². The quantitative estimate of drug-likeness (QED) is 0.471. The molecule has 0 amide bonds. The Morgan fingerprint density at radius 2 is 1.63 bits per heavy atom. The average molecular weight is 257 g/mol. The first-order valence-corrected chi connectivity index (χ1v) is 5.91. The highest BCUT2D eigenvalue weighted by Gasteiger charge is 2.14. The molecule has 0 saturated carbocycles. The van der Waals surface area contributed by atoms with Crippen molar-refractivity contribution >= 4 is 5.97 Å². The third-order valence-electron chi connectivity index (χ3n) is 3.06. The fraction of sp³-hybridized carbons (Fsp3) is 0.200. The van der Waals surface area contributed by atoms with Crippen LogP contribution in [0.25, 0.3) is 11.1 Å². The maximum Gasteiger partial charge on any atom is 0.338 e. The van der Waals surface area contributed by atoms with E-state index in [-0.39, 0.29) is 5.97 Å². The molecule has 0 aliphatic heterocycles. The van der Waals surface area contributed by atoms with Gasteiger partial charge in [-0.1, -0.05) is 12.1 Å². The maximum atomic E-state index is 11.7. The van der Waals surface area contributed by atoms with Gasteiger partial charge in [-0.05, 0) is 36.1 Å². The van der Waals surface area contributed by atoms with Gasteiger partial charge in [0.2, 0.25) is 0 Å². The van der Waals surface area contributed by atoms with Crippen LogP contribution in [-0.4, -0.2) is 13.1 Å². The van der Waals surface area contributed by atoms with Gasteiger partial charge in [-0.2, -0.15) is 4.73 Å². The number of esters is 1. The molecule has 0 N–H and O–H groups in total. The molecule has 19 heavy (non-hydrogen) atoms. The van der Waals surface area contributed by atoms with E-state index in [2.05, 4.69) is 0 Å². The van der Waals surface area contributed by atoms with Gasteiger partial charge >= 0.3 is 5.97 Å². The molecule has 2 aromatic rings. The highest BCUT2D eigenvalue weighted by Crippen LogP contribution is 2.25. The highest BCUT2D eigenvalue weighted by molar-refractivity contribution is 5.93. The van der Waals surface area contributed by atoms with Gasteiger partial charge in [0.1, 0.15) is 0 Å². The van der Waals surface area contributed by atoms with Crippen molar-refractivity contribution in [1.82, 2.24) is 0 Å². The minimum Gasteiger partial charge on any atom is -0.619 e. The van der Waals surface area contributed by atoms with Crippen molar-refractivity contribution < 1.29 is 14.3 Å². The van der Waals surface area contributed by atoms with Crippen molar-refractivity contribution in [3.8, 4) is 11.1 Å². The molecule has 0 fully saturated rings. The van der Waals surface area contributed by atoms with Gasteiger partial charge < -0.3 is 9.94 Å². The van der Waals surface area contributed by atoms with E-state index in [0.717, 1.165) is 27.0 Å². The molecule has 0 aliphatic carbocycles. The molecular formula is C15H15NO3. The molecule has 98 valence electrons. The van der Waals surface area contributed by atoms with E-state index >= 15 is 0 Å². The van der Waals surface area contributed by atoms with E-state index in [1.807, 2.05) is 26.0 Å². The SMILES string of the molecule is COC(=O)c1c(C)cc(-c2cc[n+]([O-])cc2)cc1C. The predicted octanol–water partition coefficient (Wildman–Crippen LogP) is 2.39. The van der Waals surface area contributed by atoms with Crippen LogP contribution in [0.15, 0.2) is 36.7 Å². The van der Waals surface area contributed by atoms with Gasteiger partial charge in [0.05, 0.1) is 12.7 Å². The van der Waals surface area contributed by atoms with E-state index in [0.29, 0.717) is 5.56 Å². The van der Waals surface area contributed by atoms with Crippen LogP contribution in [-0.2, 0) is 4.74 Å². The number of carbonyl (C=O) groups is 1. The molecule has 0 bridgehead atoms. The topological polar surface area (TPSA) is 53.2 Å². The zero-order valence-corrected chi connectivity index (χ0v) is 11.1. The number of carbonyl (C=O) groups excluding carboxylic acids is 1. The van der Waals surface area contributed by atoms with Crippen molar-refractivity contribution in [2.24, 2.45) is 0 Å².